The summed E-state index contributed by atoms with van der Waals surface area (Å²) in [6.45, 7) is 2.79. The van der Waals surface area contributed by atoms with Gasteiger partial charge in [-0.2, -0.15) is 0 Å². The molecule has 1 N–H and O–H groups in total. The highest BCUT2D eigenvalue weighted by molar-refractivity contribution is 6.32. The molecule has 112 valence electrons. The zero-order valence-corrected chi connectivity index (χ0v) is 13.1. The minimum Gasteiger partial charge on any atom is -0.493 e. The summed E-state index contributed by atoms with van der Waals surface area (Å²) in [4.78, 5) is 4.02. The average Bonchev–Trinajstić information content (AvgIpc) is 2.52. The van der Waals surface area contributed by atoms with E-state index in [0.29, 0.717) is 23.1 Å². The Morgan fingerprint density at radius 3 is 2.52 bits per heavy atom. The lowest BCUT2D eigenvalue weighted by Gasteiger charge is -2.16. The number of aromatic nitrogens is 1. The Hall–Kier alpha value is -1.78. The number of benzene rings is 1. The first-order valence-corrected chi connectivity index (χ1v) is 7.07. The SMILES string of the molecule is COc1cc(CN[C@H](C)c2ccncc2)cc(Cl)c1OC. The number of nitrogens with zero attached hydrogens (tertiary/aromatic N) is 1. The topological polar surface area (TPSA) is 43.4 Å². The highest BCUT2D eigenvalue weighted by atomic mass is 35.5. The number of hydrogen-bond acceptors (Lipinski definition) is 4. The highest BCUT2D eigenvalue weighted by Crippen LogP contribution is 2.36. The summed E-state index contributed by atoms with van der Waals surface area (Å²) in [6, 6.07) is 8.03. The maximum absolute atomic E-state index is 6.20. The molecule has 2 rings (SSSR count). The quantitative estimate of drug-likeness (QED) is 0.885. The van der Waals surface area contributed by atoms with Gasteiger partial charge < -0.3 is 14.8 Å². The lowest BCUT2D eigenvalue weighted by atomic mass is 10.1. The first-order chi connectivity index (χ1) is 10.2. The third-order valence-corrected chi connectivity index (χ3v) is 3.59. The van der Waals surface area contributed by atoms with Gasteiger partial charge in [-0.25, -0.2) is 0 Å². The Labute approximate surface area is 130 Å². The molecule has 1 aromatic heterocycles. The Bertz CT molecular complexity index is 590. The Kier molecular flexibility index (Phi) is 5.42. The zero-order valence-electron chi connectivity index (χ0n) is 12.4. The smallest absolute Gasteiger partial charge is 0.179 e. The third-order valence-electron chi connectivity index (χ3n) is 3.31. The minimum absolute atomic E-state index is 0.222. The number of hydrogen-bond donors (Lipinski definition) is 1. The van der Waals surface area contributed by atoms with E-state index in [1.54, 1.807) is 26.6 Å². The van der Waals surface area contributed by atoms with Crippen LogP contribution < -0.4 is 14.8 Å². The van der Waals surface area contributed by atoms with Gasteiger partial charge in [0.15, 0.2) is 11.5 Å². The molecule has 0 saturated heterocycles. The molecule has 1 aromatic carbocycles. The van der Waals surface area contributed by atoms with Gasteiger partial charge in [0.1, 0.15) is 0 Å². The van der Waals surface area contributed by atoms with E-state index in [1.807, 2.05) is 24.3 Å². The van der Waals surface area contributed by atoms with Crippen LogP contribution in [0.2, 0.25) is 5.02 Å². The lowest BCUT2D eigenvalue weighted by molar-refractivity contribution is 0.354. The summed E-state index contributed by atoms with van der Waals surface area (Å²) < 4.78 is 10.5. The molecular formula is C16H19ClN2O2. The van der Waals surface area contributed by atoms with Gasteiger partial charge in [-0.15, -0.1) is 0 Å². The monoisotopic (exact) mass is 306 g/mol. The number of pyridine rings is 1. The normalized spacial score (nSPS) is 12.0. The van der Waals surface area contributed by atoms with Crippen molar-refractivity contribution in [3.8, 4) is 11.5 Å². The van der Waals surface area contributed by atoms with Crippen LogP contribution in [0.5, 0.6) is 11.5 Å². The van der Waals surface area contributed by atoms with Crippen LogP contribution in [0.1, 0.15) is 24.1 Å². The largest absolute Gasteiger partial charge is 0.493 e. The molecule has 0 fully saturated rings. The van der Waals surface area contributed by atoms with Crippen LogP contribution in [0.4, 0.5) is 0 Å². The van der Waals surface area contributed by atoms with Gasteiger partial charge in [0.2, 0.25) is 0 Å². The molecule has 0 aliphatic carbocycles. The van der Waals surface area contributed by atoms with Crippen molar-refractivity contribution in [1.82, 2.24) is 10.3 Å². The molecule has 0 saturated carbocycles. The molecule has 0 spiro atoms. The summed E-state index contributed by atoms with van der Waals surface area (Å²) in [5.41, 5.74) is 2.23. The molecule has 0 aliphatic rings. The van der Waals surface area contributed by atoms with Crippen LogP contribution in [-0.4, -0.2) is 19.2 Å². The fraction of sp³-hybridized carbons (Fsp3) is 0.312. The predicted molar refractivity (Wildman–Crippen MR) is 84.0 cm³/mol. The van der Waals surface area contributed by atoms with Crippen molar-refractivity contribution in [2.24, 2.45) is 0 Å². The number of rotatable bonds is 6. The molecular weight excluding hydrogens is 288 g/mol. The van der Waals surface area contributed by atoms with Crippen molar-refractivity contribution >= 4 is 11.6 Å². The van der Waals surface area contributed by atoms with Crippen molar-refractivity contribution in [1.29, 1.82) is 0 Å². The maximum atomic E-state index is 6.20. The molecule has 2 aromatic rings. The van der Waals surface area contributed by atoms with Crippen molar-refractivity contribution in [3.63, 3.8) is 0 Å². The molecule has 0 radical (unpaired) electrons. The van der Waals surface area contributed by atoms with E-state index in [0.717, 1.165) is 5.56 Å². The summed E-state index contributed by atoms with van der Waals surface area (Å²) in [5.74, 6) is 1.20. The van der Waals surface area contributed by atoms with Gasteiger partial charge >= 0.3 is 0 Å². The standard InChI is InChI=1S/C16H19ClN2O2/c1-11(13-4-6-18-7-5-13)19-10-12-8-14(17)16(21-3)15(9-12)20-2/h4-9,11,19H,10H2,1-3H3/t11-/m1/s1. The van der Waals surface area contributed by atoms with Gasteiger partial charge in [-0.1, -0.05) is 11.6 Å². The van der Waals surface area contributed by atoms with Crippen molar-refractivity contribution < 1.29 is 9.47 Å². The zero-order chi connectivity index (χ0) is 15.2. The highest BCUT2D eigenvalue weighted by Gasteiger charge is 2.11. The fourth-order valence-corrected chi connectivity index (χ4v) is 2.42. The Morgan fingerprint density at radius 1 is 1.19 bits per heavy atom. The minimum atomic E-state index is 0.222. The maximum Gasteiger partial charge on any atom is 0.179 e. The molecule has 1 atom stereocenters. The molecule has 0 aliphatic heterocycles. The van der Waals surface area contributed by atoms with Crippen LogP contribution in [-0.2, 0) is 6.54 Å². The van der Waals surface area contributed by atoms with Crippen LogP contribution in [0, 0.1) is 0 Å². The Balaban J connectivity index is 2.08. The molecule has 21 heavy (non-hydrogen) atoms. The fourth-order valence-electron chi connectivity index (χ4n) is 2.11. The number of ether oxygens (including phenoxy) is 2. The number of nitrogens with one attached hydrogen (secondary N) is 1. The first-order valence-electron chi connectivity index (χ1n) is 6.69. The van der Waals surface area contributed by atoms with E-state index in [2.05, 4.69) is 17.2 Å². The number of methoxy groups -OCH3 is 2. The average molecular weight is 307 g/mol. The third kappa shape index (κ3) is 3.86. The second-order valence-electron chi connectivity index (χ2n) is 4.70. The molecule has 1 heterocycles. The predicted octanol–water partition coefficient (Wildman–Crippen LogP) is 3.60. The van der Waals surface area contributed by atoms with E-state index in [1.165, 1.54) is 5.56 Å². The molecule has 0 unspecified atom stereocenters. The summed E-state index contributed by atoms with van der Waals surface area (Å²) in [6.07, 6.45) is 3.58. The van der Waals surface area contributed by atoms with Gasteiger partial charge in [-0.3, -0.25) is 4.98 Å². The molecule has 5 heteroatoms. The van der Waals surface area contributed by atoms with Crippen LogP contribution in [0.3, 0.4) is 0 Å². The van der Waals surface area contributed by atoms with Gasteiger partial charge in [0, 0.05) is 25.0 Å². The van der Waals surface area contributed by atoms with E-state index < -0.39 is 0 Å². The van der Waals surface area contributed by atoms with Gasteiger partial charge in [0.25, 0.3) is 0 Å². The van der Waals surface area contributed by atoms with E-state index in [4.69, 9.17) is 21.1 Å². The second-order valence-corrected chi connectivity index (χ2v) is 5.10. The molecule has 0 amide bonds. The first kappa shape index (κ1) is 15.6. The van der Waals surface area contributed by atoms with Crippen LogP contribution in [0.25, 0.3) is 0 Å². The Morgan fingerprint density at radius 2 is 1.90 bits per heavy atom. The summed E-state index contributed by atoms with van der Waals surface area (Å²) >= 11 is 6.20. The van der Waals surface area contributed by atoms with Crippen LogP contribution in [0.15, 0.2) is 36.7 Å². The molecule has 0 bridgehead atoms. The van der Waals surface area contributed by atoms with Crippen molar-refractivity contribution in [2.75, 3.05) is 14.2 Å². The summed E-state index contributed by atoms with van der Waals surface area (Å²) in [7, 11) is 3.18. The van der Waals surface area contributed by atoms with E-state index in [9.17, 15) is 0 Å². The van der Waals surface area contributed by atoms with Gasteiger partial charge in [0.05, 0.1) is 19.2 Å². The lowest BCUT2D eigenvalue weighted by Crippen LogP contribution is -2.18. The summed E-state index contributed by atoms with van der Waals surface area (Å²) in [5, 5.41) is 3.99. The van der Waals surface area contributed by atoms with Crippen molar-refractivity contribution in [3.05, 3.63) is 52.8 Å². The second kappa shape index (κ2) is 7.29. The van der Waals surface area contributed by atoms with E-state index in [-0.39, 0.29) is 6.04 Å². The molecule has 4 nitrogen and oxygen atoms in total. The number of halogens is 1. The van der Waals surface area contributed by atoms with Crippen LogP contribution >= 0.6 is 11.6 Å². The van der Waals surface area contributed by atoms with Crippen molar-refractivity contribution in [2.45, 2.75) is 19.5 Å². The van der Waals surface area contributed by atoms with Gasteiger partial charge in [-0.05, 0) is 42.3 Å². The van der Waals surface area contributed by atoms with E-state index >= 15 is 0 Å².